The first-order chi connectivity index (χ1) is 15.0. The van der Waals surface area contributed by atoms with Crippen molar-refractivity contribution in [2.75, 3.05) is 37.3 Å². The van der Waals surface area contributed by atoms with Gasteiger partial charge in [-0.2, -0.15) is 0 Å². The van der Waals surface area contributed by atoms with Crippen molar-refractivity contribution in [3.8, 4) is 5.75 Å². The Morgan fingerprint density at radius 2 is 1.97 bits per heavy atom. The average Bonchev–Trinajstić information content (AvgIpc) is 3.28. The van der Waals surface area contributed by atoms with Crippen molar-refractivity contribution in [1.29, 1.82) is 0 Å². The van der Waals surface area contributed by atoms with E-state index >= 15 is 0 Å². The Balaban J connectivity index is 1.34. The predicted octanol–water partition coefficient (Wildman–Crippen LogP) is 3.34. The topological polar surface area (TPSA) is 84.6 Å². The van der Waals surface area contributed by atoms with E-state index in [4.69, 9.17) is 9.26 Å². The molecule has 9 heteroatoms. The van der Waals surface area contributed by atoms with Crippen molar-refractivity contribution in [2.24, 2.45) is 0 Å². The molecular formula is C22H25N5O3S. The third kappa shape index (κ3) is 4.82. The highest BCUT2D eigenvalue weighted by atomic mass is 32.2. The van der Waals surface area contributed by atoms with Crippen LogP contribution in [0.4, 0.5) is 5.82 Å². The fraction of sp³-hybridized carbons (Fsp3) is 0.364. The molecule has 1 aromatic carbocycles. The number of carbonyl (C=O) groups is 1. The van der Waals surface area contributed by atoms with Gasteiger partial charge in [0.15, 0.2) is 11.5 Å². The maximum atomic E-state index is 12.9. The summed E-state index contributed by atoms with van der Waals surface area (Å²) >= 11 is 1.62. The minimum atomic E-state index is -0.133. The quantitative estimate of drug-likeness (QED) is 0.541. The van der Waals surface area contributed by atoms with Crippen LogP contribution in [0.25, 0.3) is 0 Å². The van der Waals surface area contributed by atoms with E-state index in [1.54, 1.807) is 28.9 Å². The van der Waals surface area contributed by atoms with Crippen molar-refractivity contribution in [1.82, 2.24) is 20.0 Å². The second-order valence-corrected chi connectivity index (χ2v) is 8.17. The molecule has 1 aliphatic heterocycles. The Morgan fingerprint density at radius 1 is 1.19 bits per heavy atom. The number of ether oxygens (including phenoxy) is 1. The summed E-state index contributed by atoms with van der Waals surface area (Å²) in [5.74, 6) is 2.05. The van der Waals surface area contributed by atoms with Crippen LogP contribution < -0.4 is 9.64 Å². The van der Waals surface area contributed by atoms with Gasteiger partial charge in [0.25, 0.3) is 5.91 Å². The van der Waals surface area contributed by atoms with Crippen LogP contribution in [0.2, 0.25) is 0 Å². The third-order valence-electron chi connectivity index (χ3n) is 5.13. The molecule has 0 aliphatic carbocycles. The molecule has 1 fully saturated rings. The number of aryl methyl sites for hydroxylation is 2. The zero-order valence-electron chi connectivity index (χ0n) is 17.9. The molecule has 1 aliphatic rings. The molecule has 8 nitrogen and oxygen atoms in total. The molecule has 4 rings (SSSR count). The number of carbonyl (C=O) groups excluding carboxylic acids is 1. The smallest absolute Gasteiger partial charge is 0.276 e. The second-order valence-electron chi connectivity index (χ2n) is 7.32. The fourth-order valence-corrected chi connectivity index (χ4v) is 4.02. The van der Waals surface area contributed by atoms with E-state index < -0.39 is 0 Å². The number of benzene rings is 1. The first-order valence-electron chi connectivity index (χ1n) is 10.1. The monoisotopic (exact) mass is 439 g/mol. The van der Waals surface area contributed by atoms with Crippen molar-refractivity contribution >= 4 is 23.5 Å². The van der Waals surface area contributed by atoms with E-state index in [1.807, 2.05) is 44.4 Å². The molecule has 3 aromatic rings. The Bertz CT molecular complexity index is 1060. The second kappa shape index (κ2) is 9.38. The van der Waals surface area contributed by atoms with Crippen molar-refractivity contribution in [3.63, 3.8) is 0 Å². The van der Waals surface area contributed by atoms with E-state index in [0.717, 1.165) is 27.9 Å². The SMILES string of the molecule is CSc1ccccc1OCc1cc(C(=O)N2CCN(c3nc(C)cnc3C)CC2)no1. The van der Waals surface area contributed by atoms with Crippen LogP contribution in [0.1, 0.15) is 27.6 Å². The number of piperazine rings is 1. The molecule has 1 saturated heterocycles. The van der Waals surface area contributed by atoms with Gasteiger partial charge < -0.3 is 19.1 Å². The Hall–Kier alpha value is -3.07. The first-order valence-corrected chi connectivity index (χ1v) is 11.3. The largest absolute Gasteiger partial charge is 0.484 e. The lowest BCUT2D eigenvalue weighted by Crippen LogP contribution is -2.49. The summed E-state index contributed by atoms with van der Waals surface area (Å²) < 4.78 is 11.2. The van der Waals surface area contributed by atoms with Gasteiger partial charge >= 0.3 is 0 Å². The summed E-state index contributed by atoms with van der Waals surface area (Å²) in [7, 11) is 0. The van der Waals surface area contributed by atoms with Gasteiger partial charge in [0.05, 0.1) is 11.4 Å². The van der Waals surface area contributed by atoms with Crippen molar-refractivity contribution in [3.05, 3.63) is 59.4 Å². The maximum Gasteiger partial charge on any atom is 0.276 e. The van der Waals surface area contributed by atoms with Gasteiger partial charge in [0.1, 0.15) is 18.2 Å². The van der Waals surface area contributed by atoms with Crippen LogP contribution in [0.15, 0.2) is 45.9 Å². The molecule has 0 N–H and O–H groups in total. The summed E-state index contributed by atoms with van der Waals surface area (Å²) in [6.45, 7) is 6.68. The molecule has 0 saturated carbocycles. The van der Waals surface area contributed by atoms with E-state index in [9.17, 15) is 4.79 Å². The number of rotatable bonds is 6. The summed E-state index contributed by atoms with van der Waals surface area (Å²) in [5, 5.41) is 3.96. The van der Waals surface area contributed by atoms with E-state index in [0.29, 0.717) is 37.6 Å². The Morgan fingerprint density at radius 3 is 2.74 bits per heavy atom. The molecule has 0 unspecified atom stereocenters. The number of hydrogen-bond donors (Lipinski definition) is 0. The average molecular weight is 440 g/mol. The van der Waals surface area contributed by atoms with Crippen LogP contribution in [0, 0.1) is 13.8 Å². The fourth-order valence-electron chi connectivity index (χ4n) is 3.48. The minimum Gasteiger partial charge on any atom is -0.484 e. The molecule has 0 radical (unpaired) electrons. The molecule has 3 heterocycles. The molecule has 0 spiro atoms. The molecule has 0 atom stereocenters. The summed E-state index contributed by atoms with van der Waals surface area (Å²) in [6, 6.07) is 9.46. The summed E-state index contributed by atoms with van der Waals surface area (Å²) in [6.07, 6.45) is 3.77. The van der Waals surface area contributed by atoms with Gasteiger partial charge in [0.2, 0.25) is 0 Å². The Kier molecular flexibility index (Phi) is 6.41. The molecule has 162 valence electrons. The van der Waals surface area contributed by atoms with Crippen LogP contribution >= 0.6 is 11.8 Å². The number of thioether (sulfide) groups is 1. The molecule has 1 amide bonds. The predicted molar refractivity (Wildman–Crippen MR) is 119 cm³/mol. The summed E-state index contributed by atoms with van der Waals surface area (Å²) in [4.78, 5) is 26.9. The van der Waals surface area contributed by atoms with Crippen LogP contribution in [-0.2, 0) is 6.61 Å². The van der Waals surface area contributed by atoms with Gasteiger partial charge in [-0.15, -0.1) is 11.8 Å². The van der Waals surface area contributed by atoms with Gasteiger partial charge in [0, 0.05) is 43.3 Å². The highest BCUT2D eigenvalue weighted by molar-refractivity contribution is 7.98. The highest BCUT2D eigenvalue weighted by Crippen LogP contribution is 2.27. The molecule has 31 heavy (non-hydrogen) atoms. The molecule has 2 aromatic heterocycles. The van der Waals surface area contributed by atoms with Crippen LogP contribution in [-0.4, -0.2) is 58.4 Å². The molecular weight excluding hydrogens is 414 g/mol. The lowest BCUT2D eigenvalue weighted by molar-refractivity contribution is 0.0735. The van der Waals surface area contributed by atoms with E-state index in [2.05, 4.69) is 20.0 Å². The highest BCUT2D eigenvalue weighted by Gasteiger charge is 2.26. The lowest BCUT2D eigenvalue weighted by atomic mass is 10.2. The minimum absolute atomic E-state index is 0.133. The van der Waals surface area contributed by atoms with Gasteiger partial charge in [-0.1, -0.05) is 17.3 Å². The number of aromatic nitrogens is 3. The zero-order valence-corrected chi connectivity index (χ0v) is 18.7. The van der Waals surface area contributed by atoms with Crippen LogP contribution in [0.5, 0.6) is 5.75 Å². The third-order valence-corrected chi connectivity index (χ3v) is 5.91. The van der Waals surface area contributed by atoms with E-state index in [-0.39, 0.29) is 12.5 Å². The van der Waals surface area contributed by atoms with Crippen molar-refractivity contribution in [2.45, 2.75) is 25.3 Å². The lowest BCUT2D eigenvalue weighted by Gasteiger charge is -2.35. The number of anilines is 1. The Labute approximate surface area is 185 Å². The van der Waals surface area contributed by atoms with Gasteiger partial charge in [-0.3, -0.25) is 9.78 Å². The first kappa shape index (κ1) is 21.2. The summed E-state index contributed by atoms with van der Waals surface area (Å²) in [5.41, 5.74) is 2.09. The molecule has 0 bridgehead atoms. The number of hydrogen-bond acceptors (Lipinski definition) is 8. The number of amides is 1. The van der Waals surface area contributed by atoms with Gasteiger partial charge in [-0.25, -0.2) is 4.98 Å². The van der Waals surface area contributed by atoms with E-state index in [1.165, 1.54) is 0 Å². The zero-order chi connectivity index (χ0) is 21.8. The normalized spacial score (nSPS) is 14.0. The van der Waals surface area contributed by atoms with Crippen molar-refractivity contribution < 1.29 is 14.1 Å². The number of para-hydroxylation sites is 1. The van der Waals surface area contributed by atoms with Gasteiger partial charge in [-0.05, 0) is 32.2 Å². The van der Waals surface area contributed by atoms with Crippen LogP contribution in [0.3, 0.4) is 0 Å². The maximum absolute atomic E-state index is 12.9. The number of nitrogens with zero attached hydrogens (tertiary/aromatic N) is 5. The standard InChI is InChI=1S/C22H25N5O3S/c1-15-13-23-16(2)21(24-15)26-8-10-27(11-9-26)22(28)18-12-17(30-25-18)14-29-19-6-4-5-7-20(19)31-3/h4-7,12-13H,8-11,14H2,1-3H3.